The highest BCUT2D eigenvalue weighted by Gasteiger charge is 2.27. The van der Waals surface area contributed by atoms with Crippen LogP contribution in [0.25, 0.3) is 22.0 Å². The number of aliphatic carboxylic acids is 1. The van der Waals surface area contributed by atoms with Crippen LogP contribution in [0.4, 0.5) is 0 Å². The number of benzene rings is 4. The predicted octanol–water partition coefficient (Wildman–Crippen LogP) is 5.09. The van der Waals surface area contributed by atoms with Gasteiger partial charge in [0.15, 0.2) is 12.9 Å². The summed E-state index contributed by atoms with van der Waals surface area (Å²) in [5.74, 6) is -1.27. The first-order chi connectivity index (χ1) is 20.8. The van der Waals surface area contributed by atoms with Gasteiger partial charge in [-0.25, -0.2) is 9.59 Å². The van der Waals surface area contributed by atoms with Gasteiger partial charge in [-0.2, -0.15) is 0 Å². The van der Waals surface area contributed by atoms with E-state index in [1.807, 2.05) is 30.3 Å². The number of carbonyl (C=O) groups is 2. The Labute approximate surface area is 246 Å². The molecule has 0 aliphatic heterocycles. The van der Waals surface area contributed by atoms with Gasteiger partial charge >= 0.3 is 11.9 Å². The number of hydrogen-bond donors (Lipinski definition) is 4. The van der Waals surface area contributed by atoms with Crippen molar-refractivity contribution in [1.29, 1.82) is 0 Å². The number of aliphatic hydroxyl groups excluding tert-OH is 1. The molecule has 0 saturated carbocycles. The molecule has 0 spiro atoms. The molecule has 0 saturated heterocycles. The van der Waals surface area contributed by atoms with Crippen LogP contribution in [-0.2, 0) is 17.9 Å². The minimum absolute atomic E-state index is 0.00879. The topological polar surface area (TPSA) is 148 Å². The Morgan fingerprint density at radius 2 is 1.56 bits per heavy atom. The molecule has 0 radical (unpaired) electrons. The molecular formula is C33H29NO9. The summed E-state index contributed by atoms with van der Waals surface area (Å²) >= 11 is 0. The van der Waals surface area contributed by atoms with E-state index < -0.39 is 24.8 Å². The standard InChI is InChI=1S/C33H29NO9/c1-41-22-12-11-21(28(16-22)43-19-29(35)36)17-34-27-14-13-23(42-18-20-7-3-2-4-8-20)15-26(27)30(31(34)33(39)40)24-9-5-6-10-25(24)32(37)38/h2-16,32,37-38H,17-19H2,1H3,(H,35,36)(H,39,40). The molecule has 220 valence electrons. The van der Waals surface area contributed by atoms with Gasteiger partial charge in [0, 0.05) is 33.7 Å². The highest BCUT2D eigenvalue weighted by Crippen LogP contribution is 2.41. The maximum Gasteiger partial charge on any atom is 0.353 e. The van der Waals surface area contributed by atoms with Crippen LogP contribution >= 0.6 is 0 Å². The number of nitrogens with zero attached hydrogens (tertiary/aromatic N) is 1. The fourth-order valence-electron chi connectivity index (χ4n) is 5.01. The summed E-state index contributed by atoms with van der Waals surface area (Å²) < 4.78 is 18.4. The number of aliphatic hydroxyl groups is 2. The van der Waals surface area contributed by atoms with Gasteiger partial charge in [0.05, 0.1) is 13.7 Å². The molecule has 43 heavy (non-hydrogen) atoms. The Kier molecular flexibility index (Phi) is 8.61. The fraction of sp³-hybridized carbons (Fsp3) is 0.152. The molecule has 1 aromatic heterocycles. The first kappa shape index (κ1) is 29.2. The molecule has 4 aromatic carbocycles. The van der Waals surface area contributed by atoms with Crippen LogP contribution < -0.4 is 14.2 Å². The highest BCUT2D eigenvalue weighted by atomic mass is 16.5. The Bertz CT molecular complexity index is 1780. The normalized spacial score (nSPS) is 11.1. The van der Waals surface area contributed by atoms with E-state index in [2.05, 4.69) is 0 Å². The zero-order chi connectivity index (χ0) is 30.5. The Morgan fingerprint density at radius 1 is 0.837 bits per heavy atom. The third-order valence-electron chi connectivity index (χ3n) is 6.95. The number of carboxylic acids is 2. The Balaban J connectivity index is 1.70. The third kappa shape index (κ3) is 6.30. The second-order valence-electron chi connectivity index (χ2n) is 9.69. The lowest BCUT2D eigenvalue weighted by Gasteiger charge is -2.15. The zero-order valence-corrected chi connectivity index (χ0v) is 23.1. The lowest BCUT2D eigenvalue weighted by Crippen LogP contribution is -2.14. The van der Waals surface area contributed by atoms with Crippen LogP contribution in [0, 0.1) is 0 Å². The quantitative estimate of drug-likeness (QED) is 0.147. The van der Waals surface area contributed by atoms with E-state index in [1.165, 1.54) is 19.2 Å². The average molecular weight is 584 g/mol. The van der Waals surface area contributed by atoms with Crippen molar-refractivity contribution < 1.29 is 44.2 Å². The van der Waals surface area contributed by atoms with Crippen molar-refractivity contribution >= 4 is 22.8 Å². The first-order valence-electron chi connectivity index (χ1n) is 13.3. The molecule has 10 nitrogen and oxygen atoms in total. The number of aromatic nitrogens is 1. The van der Waals surface area contributed by atoms with Crippen molar-refractivity contribution in [2.45, 2.75) is 19.4 Å². The lowest BCUT2D eigenvalue weighted by molar-refractivity contribution is -0.139. The van der Waals surface area contributed by atoms with E-state index in [4.69, 9.17) is 14.2 Å². The maximum absolute atomic E-state index is 12.9. The van der Waals surface area contributed by atoms with Crippen LogP contribution in [-0.4, -0.2) is 50.6 Å². The second-order valence-corrected chi connectivity index (χ2v) is 9.69. The molecule has 0 aliphatic rings. The maximum atomic E-state index is 12.9. The zero-order valence-electron chi connectivity index (χ0n) is 23.1. The van der Waals surface area contributed by atoms with Crippen molar-refractivity contribution in [3.8, 4) is 28.4 Å². The molecule has 5 aromatic rings. The molecular weight excluding hydrogens is 554 g/mol. The smallest absolute Gasteiger partial charge is 0.353 e. The number of aromatic carboxylic acids is 1. The number of hydrogen-bond acceptors (Lipinski definition) is 7. The number of methoxy groups -OCH3 is 1. The molecule has 0 aliphatic carbocycles. The largest absolute Gasteiger partial charge is 0.497 e. The van der Waals surface area contributed by atoms with Crippen LogP contribution in [0.2, 0.25) is 0 Å². The highest BCUT2D eigenvalue weighted by molar-refractivity contribution is 6.09. The summed E-state index contributed by atoms with van der Waals surface area (Å²) in [5.41, 5.74) is 2.62. The van der Waals surface area contributed by atoms with E-state index >= 15 is 0 Å². The van der Waals surface area contributed by atoms with Gasteiger partial charge in [0.1, 0.15) is 29.5 Å². The van der Waals surface area contributed by atoms with Gasteiger partial charge in [-0.1, -0.05) is 54.6 Å². The molecule has 0 bridgehead atoms. The average Bonchev–Trinajstić information content (AvgIpc) is 3.33. The summed E-state index contributed by atoms with van der Waals surface area (Å²) in [6.07, 6.45) is -1.86. The monoisotopic (exact) mass is 583 g/mol. The molecule has 0 amide bonds. The van der Waals surface area contributed by atoms with Crippen molar-refractivity contribution in [2.75, 3.05) is 13.7 Å². The van der Waals surface area contributed by atoms with Gasteiger partial charge in [-0.3, -0.25) is 0 Å². The predicted molar refractivity (Wildman–Crippen MR) is 158 cm³/mol. The van der Waals surface area contributed by atoms with Crippen LogP contribution in [0.5, 0.6) is 17.2 Å². The lowest BCUT2D eigenvalue weighted by atomic mass is 9.96. The van der Waals surface area contributed by atoms with Crippen molar-refractivity contribution in [3.05, 3.63) is 113 Å². The minimum atomic E-state index is -1.86. The molecule has 0 atom stereocenters. The van der Waals surface area contributed by atoms with E-state index in [0.717, 1.165) is 5.56 Å². The second kappa shape index (κ2) is 12.7. The summed E-state index contributed by atoms with van der Waals surface area (Å²) in [6.45, 7) is -0.325. The van der Waals surface area contributed by atoms with Gasteiger partial charge in [-0.15, -0.1) is 0 Å². The molecule has 10 heteroatoms. The van der Waals surface area contributed by atoms with Crippen LogP contribution in [0.1, 0.15) is 33.5 Å². The first-order valence-corrected chi connectivity index (χ1v) is 13.3. The van der Waals surface area contributed by atoms with Crippen molar-refractivity contribution in [2.24, 2.45) is 0 Å². The third-order valence-corrected chi connectivity index (χ3v) is 6.95. The summed E-state index contributed by atoms with van der Waals surface area (Å²) in [5, 5.41) is 40.6. The van der Waals surface area contributed by atoms with Crippen molar-refractivity contribution in [1.82, 2.24) is 4.57 Å². The molecule has 1 heterocycles. The summed E-state index contributed by atoms with van der Waals surface area (Å²) in [4.78, 5) is 24.2. The van der Waals surface area contributed by atoms with Crippen molar-refractivity contribution in [3.63, 3.8) is 0 Å². The molecule has 4 N–H and O–H groups in total. The van der Waals surface area contributed by atoms with Gasteiger partial charge in [0.2, 0.25) is 0 Å². The number of carboxylic acid groups (broad SMARTS) is 2. The molecule has 0 fully saturated rings. The number of fused-ring (bicyclic) bond motifs is 1. The summed E-state index contributed by atoms with van der Waals surface area (Å²) in [7, 11) is 1.47. The van der Waals surface area contributed by atoms with Crippen LogP contribution in [0.15, 0.2) is 91.0 Å². The Hall–Kier alpha value is -5.32. The Morgan fingerprint density at radius 3 is 2.26 bits per heavy atom. The minimum Gasteiger partial charge on any atom is -0.497 e. The van der Waals surface area contributed by atoms with E-state index in [9.17, 15) is 30.0 Å². The SMILES string of the molecule is COc1ccc(Cn2c(C(=O)O)c(-c3ccccc3C(O)O)c3cc(OCc4ccccc4)ccc32)c(OCC(=O)O)c1. The van der Waals surface area contributed by atoms with Gasteiger partial charge in [0.25, 0.3) is 0 Å². The van der Waals surface area contributed by atoms with Crippen LogP contribution in [0.3, 0.4) is 0 Å². The fourth-order valence-corrected chi connectivity index (χ4v) is 5.01. The summed E-state index contributed by atoms with van der Waals surface area (Å²) in [6, 6.07) is 26.2. The van der Waals surface area contributed by atoms with E-state index in [1.54, 1.807) is 53.1 Å². The number of rotatable bonds is 12. The van der Waals surface area contributed by atoms with E-state index in [-0.39, 0.29) is 35.7 Å². The van der Waals surface area contributed by atoms with Gasteiger partial charge < -0.3 is 39.2 Å². The number of ether oxygens (including phenoxy) is 3. The van der Waals surface area contributed by atoms with E-state index in [0.29, 0.717) is 33.5 Å². The van der Waals surface area contributed by atoms with Gasteiger partial charge in [-0.05, 0) is 41.5 Å². The molecule has 0 unspecified atom stereocenters. The molecule has 5 rings (SSSR count).